The molecular weight excluding hydrogens is 537 g/mol. The maximum atomic E-state index is 13.7. The molecule has 1 amide bonds. The van der Waals surface area contributed by atoms with E-state index >= 15 is 0 Å². The van der Waals surface area contributed by atoms with Crippen LogP contribution in [-0.2, 0) is 6.42 Å². The number of nitrogens with zero attached hydrogens (tertiary/aromatic N) is 7. The van der Waals surface area contributed by atoms with Crippen molar-refractivity contribution in [2.75, 3.05) is 31.1 Å². The SMILES string of the molecule is Cc1ccc(Cc2nc(N3CCN(C(=O)c4cccc([N+](=O)[O-])c4)CC3)c3c(C)nn(-c4ccc(F)cc4)c3n2)cc1. The first-order chi connectivity index (χ1) is 20.3. The van der Waals surface area contributed by atoms with Crippen LogP contribution in [-0.4, -0.2) is 61.7 Å². The highest BCUT2D eigenvalue weighted by Gasteiger charge is 2.27. The van der Waals surface area contributed by atoms with Crippen molar-refractivity contribution in [2.45, 2.75) is 20.3 Å². The summed E-state index contributed by atoms with van der Waals surface area (Å²) in [4.78, 5) is 37.6. The van der Waals surface area contributed by atoms with Crippen molar-refractivity contribution in [3.63, 3.8) is 0 Å². The van der Waals surface area contributed by atoms with Gasteiger partial charge in [-0.2, -0.15) is 5.10 Å². The van der Waals surface area contributed by atoms with Crippen molar-refractivity contribution in [2.24, 2.45) is 0 Å². The Labute approximate surface area is 241 Å². The summed E-state index contributed by atoms with van der Waals surface area (Å²) in [6.07, 6.45) is 0.516. The molecule has 2 aromatic heterocycles. The minimum Gasteiger partial charge on any atom is -0.352 e. The maximum Gasteiger partial charge on any atom is 0.270 e. The molecule has 0 unspecified atom stereocenters. The van der Waals surface area contributed by atoms with Crippen molar-refractivity contribution in [3.05, 3.63) is 117 Å². The number of carbonyl (C=O) groups is 1. The number of benzene rings is 3. The predicted molar refractivity (Wildman–Crippen MR) is 157 cm³/mol. The van der Waals surface area contributed by atoms with E-state index in [9.17, 15) is 19.3 Å². The van der Waals surface area contributed by atoms with Crippen LogP contribution in [0, 0.1) is 29.8 Å². The second-order valence-electron chi connectivity index (χ2n) is 10.4. The molecule has 212 valence electrons. The van der Waals surface area contributed by atoms with Crippen LogP contribution in [0.25, 0.3) is 16.7 Å². The van der Waals surface area contributed by atoms with E-state index < -0.39 is 4.92 Å². The van der Waals surface area contributed by atoms with E-state index in [1.807, 2.05) is 13.8 Å². The van der Waals surface area contributed by atoms with Gasteiger partial charge in [0.2, 0.25) is 0 Å². The lowest BCUT2D eigenvalue weighted by atomic mass is 10.1. The van der Waals surface area contributed by atoms with Crippen molar-refractivity contribution in [3.8, 4) is 5.69 Å². The number of halogens is 1. The number of rotatable bonds is 6. The van der Waals surface area contributed by atoms with Gasteiger partial charge in [-0.25, -0.2) is 19.0 Å². The van der Waals surface area contributed by atoms with Crippen LogP contribution in [0.2, 0.25) is 0 Å². The molecule has 0 N–H and O–H groups in total. The van der Waals surface area contributed by atoms with Gasteiger partial charge >= 0.3 is 0 Å². The number of nitro groups is 1. The highest BCUT2D eigenvalue weighted by Crippen LogP contribution is 2.30. The lowest BCUT2D eigenvalue weighted by Gasteiger charge is -2.35. The standard InChI is InChI=1S/C31H28FN7O3/c1-20-6-8-22(9-7-20)18-27-33-29(28-21(2)35-38(30(28)34-27)25-12-10-24(32)11-13-25)36-14-16-37(17-15-36)31(40)23-4-3-5-26(19-23)39(41)42/h3-13,19H,14-18H2,1-2H3. The molecule has 3 aromatic carbocycles. The number of hydrogen-bond acceptors (Lipinski definition) is 7. The number of amides is 1. The summed E-state index contributed by atoms with van der Waals surface area (Å²) in [6, 6.07) is 20.2. The number of hydrogen-bond donors (Lipinski definition) is 0. The highest BCUT2D eigenvalue weighted by molar-refractivity contribution is 5.95. The molecule has 1 fully saturated rings. The van der Waals surface area contributed by atoms with E-state index in [1.54, 1.807) is 27.8 Å². The Morgan fingerprint density at radius 3 is 2.36 bits per heavy atom. The van der Waals surface area contributed by atoms with E-state index in [0.29, 0.717) is 55.3 Å². The topological polar surface area (TPSA) is 110 Å². The van der Waals surface area contributed by atoms with Crippen LogP contribution >= 0.6 is 0 Å². The second kappa shape index (κ2) is 11.0. The molecule has 1 aliphatic rings. The molecule has 10 nitrogen and oxygen atoms in total. The number of carbonyl (C=O) groups excluding carboxylic acids is 1. The molecule has 0 saturated carbocycles. The molecule has 6 rings (SSSR count). The van der Waals surface area contributed by atoms with Gasteiger partial charge < -0.3 is 9.80 Å². The van der Waals surface area contributed by atoms with Gasteiger partial charge in [-0.1, -0.05) is 35.9 Å². The predicted octanol–water partition coefficient (Wildman–Crippen LogP) is 5.03. The molecule has 1 saturated heterocycles. The Morgan fingerprint density at radius 2 is 1.67 bits per heavy atom. The lowest BCUT2D eigenvalue weighted by Crippen LogP contribution is -2.49. The zero-order valence-corrected chi connectivity index (χ0v) is 23.2. The summed E-state index contributed by atoms with van der Waals surface area (Å²) in [5, 5.41) is 16.7. The van der Waals surface area contributed by atoms with Crippen molar-refractivity contribution in [1.82, 2.24) is 24.6 Å². The Kier molecular flexibility index (Phi) is 7.07. The van der Waals surface area contributed by atoms with Gasteiger partial charge in [0.1, 0.15) is 17.5 Å². The molecule has 0 spiro atoms. The van der Waals surface area contributed by atoms with Crippen LogP contribution in [0.1, 0.15) is 33.0 Å². The Hall–Kier alpha value is -5.19. The van der Waals surface area contributed by atoms with Gasteiger partial charge in [0, 0.05) is 50.3 Å². The van der Waals surface area contributed by atoms with E-state index in [-0.39, 0.29) is 17.4 Å². The molecule has 11 heteroatoms. The molecule has 42 heavy (non-hydrogen) atoms. The first-order valence-electron chi connectivity index (χ1n) is 13.6. The number of anilines is 1. The lowest BCUT2D eigenvalue weighted by molar-refractivity contribution is -0.384. The van der Waals surface area contributed by atoms with Crippen LogP contribution < -0.4 is 4.90 Å². The minimum atomic E-state index is -0.502. The third-order valence-corrected chi connectivity index (χ3v) is 7.45. The van der Waals surface area contributed by atoms with E-state index in [1.165, 1.54) is 35.9 Å². The zero-order chi connectivity index (χ0) is 29.4. The molecule has 0 atom stereocenters. The van der Waals surface area contributed by atoms with E-state index in [4.69, 9.17) is 15.1 Å². The smallest absolute Gasteiger partial charge is 0.270 e. The summed E-state index contributed by atoms with van der Waals surface area (Å²) in [7, 11) is 0. The van der Waals surface area contributed by atoms with E-state index in [2.05, 4.69) is 29.2 Å². The summed E-state index contributed by atoms with van der Waals surface area (Å²) >= 11 is 0. The van der Waals surface area contributed by atoms with E-state index in [0.717, 1.165) is 22.5 Å². The van der Waals surface area contributed by atoms with Gasteiger partial charge in [0.05, 0.1) is 21.7 Å². The fourth-order valence-corrected chi connectivity index (χ4v) is 5.22. The average molecular weight is 566 g/mol. The minimum absolute atomic E-state index is 0.113. The highest BCUT2D eigenvalue weighted by atomic mass is 19.1. The monoisotopic (exact) mass is 565 g/mol. The Bertz CT molecular complexity index is 1790. The number of piperazine rings is 1. The number of nitro benzene ring substituents is 1. The van der Waals surface area contributed by atoms with Crippen LogP contribution in [0.3, 0.4) is 0 Å². The third kappa shape index (κ3) is 5.28. The fourth-order valence-electron chi connectivity index (χ4n) is 5.22. The van der Waals surface area contributed by atoms with Gasteiger partial charge in [0.25, 0.3) is 11.6 Å². The van der Waals surface area contributed by atoms with Crippen molar-refractivity contribution in [1.29, 1.82) is 0 Å². The summed E-state index contributed by atoms with van der Waals surface area (Å²) < 4.78 is 15.4. The normalized spacial score (nSPS) is 13.5. The molecule has 5 aromatic rings. The number of aryl methyl sites for hydroxylation is 2. The first kappa shape index (κ1) is 27.0. The van der Waals surface area contributed by atoms with Crippen molar-refractivity contribution < 1.29 is 14.1 Å². The average Bonchev–Trinajstić information content (AvgIpc) is 3.34. The summed E-state index contributed by atoms with van der Waals surface area (Å²) in [5.74, 6) is 0.779. The van der Waals surface area contributed by atoms with Gasteiger partial charge in [-0.15, -0.1) is 0 Å². The number of non-ortho nitro benzene ring substituents is 1. The maximum absolute atomic E-state index is 13.7. The molecule has 0 radical (unpaired) electrons. The largest absolute Gasteiger partial charge is 0.352 e. The molecule has 0 bridgehead atoms. The van der Waals surface area contributed by atoms with Crippen LogP contribution in [0.5, 0.6) is 0 Å². The molecular formula is C31H28FN7O3. The molecule has 0 aliphatic carbocycles. The van der Waals surface area contributed by atoms with Crippen molar-refractivity contribution >= 4 is 28.4 Å². The second-order valence-corrected chi connectivity index (χ2v) is 10.4. The number of fused-ring (bicyclic) bond motifs is 1. The quantitative estimate of drug-likeness (QED) is 0.210. The first-order valence-corrected chi connectivity index (χ1v) is 13.6. The zero-order valence-electron chi connectivity index (χ0n) is 23.2. The summed E-state index contributed by atoms with van der Waals surface area (Å²) in [6.45, 7) is 5.81. The third-order valence-electron chi connectivity index (χ3n) is 7.45. The summed E-state index contributed by atoms with van der Waals surface area (Å²) in [5.41, 5.74) is 4.47. The number of aromatic nitrogens is 4. The Balaban J connectivity index is 1.34. The van der Waals surface area contributed by atoms with Crippen LogP contribution in [0.15, 0.2) is 72.8 Å². The Morgan fingerprint density at radius 1 is 0.952 bits per heavy atom. The molecule has 1 aliphatic heterocycles. The van der Waals surface area contributed by atoms with Crippen LogP contribution in [0.4, 0.5) is 15.9 Å². The molecule has 3 heterocycles. The fraction of sp³-hybridized carbons (Fsp3) is 0.226. The van der Waals surface area contributed by atoms with Gasteiger partial charge in [-0.05, 0) is 49.7 Å². The van der Waals surface area contributed by atoms with Gasteiger partial charge in [-0.3, -0.25) is 14.9 Å². The van der Waals surface area contributed by atoms with Gasteiger partial charge in [0.15, 0.2) is 5.65 Å².